The monoisotopic (exact) mass is 370 g/mol. The second kappa shape index (κ2) is 7.75. The van der Waals surface area contributed by atoms with Gasteiger partial charge in [-0.25, -0.2) is 9.97 Å². The standard InChI is InChI=1S/C22H18N4O2/c1-16-14-18(26-13-12-23-15-26)7-10-20(16)22(27)25-17-5-8-19(9-6-17)28-21-4-2-3-11-24-21/h2-15H,1H3,(H,25,27). The van der Waals surface area contributed by atoms with Gasteiger partial charge in [0.2, 0.25) is 5.88 Å². The van der Waals surface area contributed by atoms with Gasteiger partial charge in [-0.15, -0.1) is 0 Å². The highest BCUT2D eigenvalue weighted by atomic mass is 16.5. The first-order valence-corrected chi connectivity index (χ1v) is 8.78. The number of hydrogen-bond acceptors (Lipinski definition) is 4. The van der Waals surface area contributed by atoms with Crippen LogP contribution >= 0.6 is 0 Å². The van der Waals surface area contributed by atoms with Crippen molar-refractivity contribution in [3.63, 3.8) is 0 Å². The molecule has 2 heterocycles. The lowest BCUT2D eigenvalue weighted by Gasteiger charge is -2.11. The lowest BCUT2D eigenvalue weighted by Crippen LogP contribution is -2.13. The van der Waals surface area contributed by atoms with Gasteiger partial charge in [-0.2, -0.15) is 0 Å². The lowest BCUT2D eigenvalue weighted by molar-refractivity contribution is 0.102. The summed E-state index contributed by atoms with van der Waals surface area (Å²) in [6, 6.07) is 18.3. The number of nitrogens with zero attached hydrogens (tertiary/aromatic N) is 3. The number of imidazole rings is 1. The van der Waals surface area contributed by atoms with E-state index in [-0.39, 0.29) is 5.91 Å². The van der Waals surface area contributed by atoms with Crippen molar-refractivity contribution in [1.29, 1.82) is 0 Å². The number of carbonyl (C=O) groups excluding carboxylic acids is 1. The smallest absolute Gasteiger partial charge is 0.255 e. The molecule has 4 aromatic rings. The predicted octanol–water partition coefficient (Wildman–Crippen LogP) is 4.62. The van der Waals surface area contributed by atoms with Crippen molar-refractivity contribution < 1.29 is 9.53 Å². The molecule has 1 N–H and O–H groups in total. The van der Waals surface area contributed by atoms with E-state index >= 15 is 0 Å². The minimum atomic E-state index is -0.159. The summed E-state index contributed by atoms with van der Waals surface area (Å²) in [6.45, 7) is 1.92. The summed E-state index contributed by atoms with van der Waals surface area (Å²) < 4.78 is 7.56. The number of benzene rings is 2. The van der Waals surface area contributed by atoms with E-state index in [1.165, 1.54) is 0 Å². The van der Waals surface area contributed by atoms with Gasteiger partial charge in [-0.1, -0.05) is 6.07 Å². The maximum atomic E-state index is 12.6. The largest absolute Gasteiger partial charge is 0.439 e. The van der Waals surface area contributed by atoms with Crippen molar-refractivity contribution in [3.8, 4) is 17.3 Å². The Morgan fingerprint density at radius 2 is 1.89 bits per heavy atom. The van der Waals surface area contributed by atoms with Crippen LogP contribution in [0.1, 0.15) is 15.9 Å². The number of nitrogens with one attached hydrogen (secondary N) is 1. The second-order valence-corrected chi connectivity index (χ2v) is 6.22. The first kappa shape index (κ1) is 17.5. The maximum absolute atomic E-state index is 12.6. The molecule has 4 rings (SSSR count). The zero-order valence-corrected chi connectivity index (χ0v) is 15.2. The SMILES string of the molecule is Cc1cc(-n2ccnc2)ccc1C(=O)Nc1ccc(Oc2ccccn2)cc1. The summed E-state index contributed by atoms with van der Waals surface area (Å²) in [5, 5.41) is 2.92. The Kier molecular flexibility index (Phi) is 4.84. The summed E-state index contributed by atoms with van der Waals surface area (Å²) in [5.74, 6) is 1.01. The van der Waals surface area contributed by atoms with Crippen molar-refractivity contribution in [2.45, 2.75) is 6.92 Å². The molecule has 0 radical (unpaired) electrons. The fourth-order valence-electron chi connectivity index (χ4n) is 2.81. The molecule has 0 spiro atoms. The van der Waals surface area contributed by atoms with Crippen LogP contribution in [0.5, 0.6) is 11.6 Å². The van der Waals surface area contributed by atoms with Gasteiger partial charge < -0.3 is 14.6 Å². The fourth-order valence-corrected chi connectivity index (χ4v) is 2.81. The number of ether oxygens (including phenoxy) is 1. The summed E-state index contributed by atoms with van der Waals surface area (Å²) in [7, 11) is 0. The topological polar surface area (TPSA) is 69.0 Å². The minimum Gasteiger partial charge on any atom is -0.439 e. The van der Waals surface area contributed by atoms with Crippen molar-refractivity contribution in [2.24, 2.45) is 0 Å². The van der Waals surface area contributed by atoms with Crippen molar-refractivity contribution in [2.75, 3.05) is 5.32 Å². The maximum Gasteiger partial charge on any atom is 0.255 e. The molecule has 0 aliphatic heterocycles. The molecule has 0 saturated heterocycles. The first-order valence-electron chi connectivity index (χ1n) is 8.78. The lowest BCUT2D eigenvalue weighted by atomic mass is 10.1. The van der Waals surface area contributed by atoms with E-state index in [0.717, 1.165) is 11.3 Å². The van der Waals surface area contributed by atoms with Crippen LogP contribution < -0.4 is 10.1 Å². The van der Waals surface area contributed by atoms with Gasteiger partial charge in [0.25, 0.3) is 5.91 Å². The molecule has 2 aromatic heterocycles. The van der Waals surface area contributed by atoms with Crippen LogP contribution in [-0.2, 0) is 0 Å². The molecule has 28 heavy (non-hydrogen) atoms. The Morgan fingerprint density at radius 1 is 1.04 bits per heavy atom. The number of hydrogen-bond donors (Lipinski definition) is 1. The first-order chi connectivity index (χ1) is 13.7. The molecule has 0 fully saturated rings. The quantitative estimate of drug-likeness (QED) is 0.556. The van der Waals surface area contributed by atoms with E-state index < -0.39 is 0 Å². The molecule has 0 unspecified atom stereocenters. The molecular weight excluding hydrogens is 352 g/mol. The van der Waals surface area contributed by atoms with Gasteiger partial charge in [0.1, 0.15) is 5.75 Å². The van der Waals surface area contributed by atoms with Gasteiger partial charge >= 0.3 is 0 Å². The third kappa shape index (κ3) is 3.91. The zero-order chi connectivity index (χ0) is 19.3. The van der Waals surface area contributed by atoms with Gasteiger partial charge in [-0.05, 0) is 61.0 Å². The zero-order valence-electron chi connectivity index (χ0n) is 15.2. The third-order valence-electron chi connectivity index (χ3n) is 4.23. The minimum absolute atomic E-state index is 0.159. The van der Waals surface area contributed by atoms with Crippen LogP contribution in [0.15, 0.2) is 85.6 Å². The molecule has 138 valence electrons. The molecule has 6 heteroatoms. The highest BCUT2D eigenvalue weighted by Gasteiger charge is 2.11. The summed E-state index contributed by atoms with van der Waals surface area (Å²) >= 11 is 0. The van der Waals surface area contributed by atoms with Gasteiger partial charge in [0.05, 0.1) is 6.33 Å². The van der Waals surface area contributed by atoms with E-state index in [9.17, 15) is 4.79 Å². The van der Waals surface area contributed by atoms with Gasteiger partial charge in [0, 0.05) is 41.6 Å². The molecule has 0 bridgehead atoms. The van der Waals surface area contributed by atoms with Crippen LogP contribution in [0, 0.1) is 6.92 Å². The second-order valence-electron chi connectivity index (χ2n) is 6.22. The summed E-state index contributed by atoms with van der Waals surface area (Å²) in [6.07, 6.45) is 6.98. The van der Waals surface area contributed by atoms with Crippen LogP contribution in [0.4, 0.5) is 5.69 Å². The predicted molar refractivity (Wildman–Crippen MR) is 107 cm³/mol. The summed E-state index contributed by atoms with van der Waals surface area (Å²) in [5.41, 5.74) is 3.16. The normalized spacial score (nSPS) is 10.5. The van der Waals surface area contributed by atoms with Crippen molar-refractivity contribution in [1.82, 2.24) is 14.5 Å². The summed E-state index contributed by atoms with van der Waals surface area (Å²) in [4.78, 5) is 20.8. The highest BCUT2D eigenvalue weighted by molar-refractivity contribution is 6.05. The van der Waals surface area contributed by atoms with E-state index in [1.807, 2.05) is 48.0 Å². The van der Waals surface area contributed by atoms with Crippen molar-refractivity contribution >= 4 is 11.6 Å². The Morgan fingerprint density at radius 3 is 2.57 bits per heavy atom. The Balaban J connectivity index is 1.45. The van der Waals surface area contributed by atoms with E-state index in [0.29, 0.717) is 22.9 Å². The van der Waals surface area contributed by atoms with Crippen molar-refractivity contribution in [3.05, 3.63) is 96.7 Å². The molecule has 2 aromatic carbocycles. The number of carbonyl (C=O) groups is 1. The Hall–Kier alpha value is -3.93. The number of anilines is 1. The van der Waals surface area contributed by atoms with E-state index in [1.54, 1.807) is 49.1 Å². The molecule has 1 amide bonds. The van der Waals surface area contributed by atoms with Crippen LogP contribution in [0.25, 0.3) is 5.69 Å². The number of aromatic nitrogens is 3. The number of rotatable bonds is 5. The third-order valence-corrected chi connectivity index (χ3v) is 4.23. The number of pyridine rings is 1. The molecule has 0 aliphatic rings. The molecule has 0 atom stereocenters. The number of aryl methyl sites for hydroxylation is 1. The molecule has 0 saturated carbocycles. The van der Waals surface area contributed by atoms with E-state index in [4.69, 9.17) is 4.74 Å². The Bertz CT molecular complexity index is 1080. The Labute approximate surface area is 162 Å². The average molecular weight is 370 g/mol. The van der Waals surface area contributed by atoms with Gasteiger partial charge in [0.15, 0.2) is 0 Å². The number of amides is 1. The van der Waals surface area contributed by atoms with E-state index in [2.05, 4.69) is 15.3 Å². The van der Waals surface area contributed by atoms with Gasteiger partial charge in [-0.3, -0.25) is 4.79 Å². The molecular formula is C22H18N4O2. The molecule has 0 aliphatic carbocycles. The van der Waals surface area contributed by atoms with Crippen LogP contribution in [0.2, 0.25) is 0 Å². The van der Waals surface area contributed by atoms with Crippen LogP contribution in [0.3, 0.4) is 0 Å². The fraction of sp³-hybridized carbons (Fsp3) is 0.0455. The van der Waals surface area contributed by atoms with Crippen LogP contribution in [-0.4, -0.2) is 20.4 Å². The average Bonchev–Trinajstić information content (AvgIpc) is 3.25. The highest BCUT2D eigenvalue weighted by Crippen LogP contribution is 2.22. The molecule has 6 nitrogen and oxygen atoms in total.